The highest BCUT2D eigenvalue weighted by Crippen LogP contribution is 2.03. The summed E-state index contributed by atoms with van der Waals surface area (Å²) in [6.07, 6.45) is 1.79. The molecule has 0 bridgehead atoms. The minimum atomic E-state index is -0.108. The molecule has 1 aromatic heterocycles. The van der Waals surface area contributed by atoms with Crippen LogP contribution in [-0.2, 0) is 7.05 Å². The summed E-state index contributed by atoms with van der Waals surface area (Å²) in [6.45, 7) is 1.87. The minimum Gasteiger partial charge on any atom is -0.324 e. The molecule has 1 rings (SSSR count). The van der Waals surface area contributed by atoms with Gasteiger partial charge in [-0.1, -0.05) is 0 Å². The summed E-state index contributed by atoms with van der Waals surface area (Å²) < 4.78 is 1.61. The van der Waals surface area contributed by atoms with Crippen LogP contribution in [0.5, 0.6) is 0 Å². The van der Waals surface area contributed by atoms with Crippen LogP contribution in [0.3, 0.4) is 0 Å². The number of hydrogen-bond donors (Lipinski definition) is 1. The smallest absolute Gasteiger partial charge is 0.196 e. The van der Waals surface area contributed by atoms with Crippen LogP contribution in [-0.4, -0.2) is 22.1 Å². The maximum atomic E-state index is 11.0. The van der Waals surface area contributed by atoms with Gasteiger partial charge in [0.2, 0.25) is 0 Å². The van der Waals surface area contributed by atoms with Gasteiger partial charge in [-0.25, -0.2) is 0 Å². The van der Waals surface area contributed by atoms with Crippen molar-refractivity contribution in [2.75, 3.05) is 6.54 Å². The SMILES string of the molecule is Cc1cn(C)nc1C(=O)CN.Cl. The van der Waals surface area contributed by atoms with E-state index in [0.717, 1.165) is 5.56 Å². The van der Waals surface area contributed by atoms with E-state index in [4.69, 9.17) is 5.73 Å². The summed E-state index contributed by atoms with van der Waals surface area (Å²) in [7, 11) is 1.78. The van der Waals surface area contributed by atoms with Crippen molar-refractivity contribution < 1.29 is 4.79 Å². The number of nitrogens with two attached hydrogens (primary N) is 1. The Balaban J connectivity index is 0.00000121. The van der Waals surface area contributed by atoms with Gasteiger partial charge in [-0.3, -0.25) is 9.48 Å². The third-order valence-electron chi connectivity index (χ3n) is 1.46. The lowest BCUT2D eigenvalue weighted by atomic mass is 10.2. The molecule has 0 aliphatic rings. The number of carbonyl (C=O) groups is 1. The average molecular weight is 190 g/mol. The van der Waals surface area contributed by atoms with Crippen LogP contribution in [0.4, 0.5) is 0 Å². The van der Waals surface area contributed by atoms with Gasteiger partial charge >= 0.3 is 0 Å². The molecule has 0 aliphatic carbocycles. The molecule has 4 nitrogen and oxygen atoms in total. The zero-order chi connectivity index (χ0) is 8.43. The standard InChI is InChI=1S/C7H11N3O.ClH/c1-5-4-10(2)9-7(5)6(11)3-8;/h4H,3,8H2,1-2H3;1H. The molecular weight excluding hydrogens is 178 g/mol. The molecule has 2 N–H and O–H groups in total. The Morgan fingerprint density at radius 1 is 1.75 bits per heavy atom. The van der Waals surface area contributed by atoms with E-state index >= 15 is 0 Å². The molecule has 0 aromatic carbocycles. The number of carbonyl (C=O) groups excluding carboxylic acids is 1. The van der Waals surface area contributed by atoms with Crippen LogP contribution >= 0.6 is 12.4 Å². The van der Waals surface area contributed by atoms with Crippen LogP contribution in [0.15, 0.2) is 6.20 Å². The van der Waals surface area contributed by atoms with E-state index in [1.807, 2.05) is 6.92 Å². The van der Waals surface area contributed by atoms with Crippen LogP contribution in [0.1, 0.15) is 16.1 Å². The summed E-state index contributed by atoms with van der Waals surface area (Å²) in [6, 6.07) is 0. The first-order valence-corrected chi connectivity index (χ1v) is 3.38. The third-order valence-corrected chi connectivity index (χ3v) is 1.46. The molecule has 0 amide bonds. The first-order chi connectivity index (χ1) is 5.15. The maximum absolute atomic E-state index is 11.0. The van der Waals surface area contributed by atoms with E-state index in [2.05, 4.69) is 5.10 Å². The van der Waals surface area contributed by atoms with Crippen molar-refractivity contribution in [3.8, 4) is 0 Å². The first-order valence-electron chi connectivity index (χ1n) is 3.38. The first kappa shape index (κ1) is 11.1. The number of aromatic nitrogens is 2. The third kappa shape index (κ3) is 2.06. The molecule has 1 aromatic rings. The highest BCUT2D eigenvalue weighted by molar-refractivity contribution is 5.96. The number of Topliss-reactive ketones (excluding diaryl/α,β-unsaturated/α-hetero) is 1. The minimum absolute atomic E-state index is 0. The van der Waals surface area contributed by atoms with E-state index in [1.165, 1.54) is 0 Å². The molecule has 0 aliphatic heterocycles. The van der Waals surface area contributed by atoms with Crippen molar-refractivity contribution in [1.82, 2.24) is 9.78 Å². The van der Waals surface area contributed by atoms with Gasteiger partial charge in [0.05, 0.1) is 6.54 Å². The molecule has 0 saturated carbocycles. The predicted octanol–water partition coefficient (Wildman–Crippen LogP) is 0.292. The van der Waals surface area contributed by atoms with Gasteiger partial charge in [0.25, 0.3) is 0 Å². The number of nitrogens with zero attached hydrogens (tertiary/aromatic N) is 2. The summed E-state index contributed by atoms with van der Waals surface area (Å²) >= 11 is 0. The summed E-state index contributed by atoms with van der Waals surface area (Å²) in [5.74, 6) is -0.108. The molecule has 1 heterocycles. The van der Waals surface area contributed by atoms with Gasteiger partial charge in [-0.2, -0.15) is 5.10 Å². The second kappa shape index (κ2) is 4.23. The Bertz CT molecular complexity index is 282. The van der Waals surface area contributed by atoms with Gasteiger partial charge in [0.15, 0.2) is 5.78 Å². The van der Waals surface area contributed by atoms with E-state index in [-0.39, 0.29) is 24.7 Å². The Morgan fingerprint density at radius 2 is 2.33 bits per heavy atom. The van der Waals surface area contributed by atoms with E-state index in [0.29, 0.717) is 5.69 Å². The molecule has 0 spiro atoms. The monoisotopic (exact) mass is 189 g/mol. The fourth-order valence-electron chi connectivity index (χ4n) is 0.979. The van der Waals surface area contributed by atoms with Crippen LogP contribution in [0, 0.1) is 6.92 Å². The molecule has 12 heavy (non-hydrogen) atoms. The summed E-state index contributed by atoms with van der Waals surface area (Å²) in [5, 5.41) is 3.97. The van der Waals surface area contributed by atoms with Crippen molar-refractivity contribution in [3.63, 3.8) is 0 Å². The van der Waals surface area contributed by atoms with Crippen LogP contribution in [0.2, 0.25) is 0 Å². The lowest BCUT2D eigenvalue weighted by Crippen LogP contribution is -2.15. The van der Waals surface area contributed by atoms with Crippen LogP contribution < -0.4 is 5.73 Å². The maximum Gasteiger partial charge on any atom is 0.196 e. The van der Waals surface area contributed by atoms with Crippen LogP contribution in [0.25, 0.3) is 0 Å². The van der Waals surface area contributed by atoms with Crippen molar-refractivity contribution in [2.45, 2.75) is 6.92 Å². The number of aryl methyl sites for hydroxylation is 2. The lowest BCUT2D eigenvalue weighted by Gasteiger charge is -1.90. The average Bonchev–Trinajstić information content (AvgIpc) is 2.28. The van der Waals surface area contributed by atoms with E-state index in [9.17, 15) is 4.79 Å². The van der Waals surface area contributed by atoms with Gasteiger partial charge in [-0.15, -0.1) is 12.4 Å². The van der Waals surface area contributed by atoms with Crippen molar-refractivity contribution >= 4 is 18.2 Å². The Labute approximate surface area is 77.2 Å². The zero-order valence-electron chi connectivity index (χ0n) is 7.07. The quantitative estimate of drug-likeness (QED) is 0.681. The van der Waals surface area contributed by atoms with Crippen molar-refractivity contribution in [2.24, 2.45) is 12.8 Å². The molecule has 0 fully saturated rings. The van der Waals surface area contributed by atoms with Gasteiger partial charge in [0, 0.05) is 13.2 Å². The number of rotatable bonds is 2. The second-order valence-corrected chi connectivity index (χ2v) is 2.46. The molecule has 0 unspecified atom stereocenters. The Kier molecular flexibility index (Phi) is 3.92. The number of halogens is 1. The molecular formula is C7H12ClN3O. The number of ketones is 1. The highest BCUT2D eigenvalue weighted by Gasteiger charge is 2.10. The van der Waals surface area contributed by atoms with Gasteiger partial charge in [0.1, 0.15) is 5.69 Å². The predicted molar refractivity (Wildman–Crippen MR) is 48.6 cm³/mol. The lowest BCUT2D eigenvalue weighted by molar-refractivity contribution is 0.0995. The van der Waals surface area contributed by atoms with E-state index in [1.54, 1.807) is 17.9 Å². The molecule has 68 valence electrons. The Hall–Kier alpha value is -0.870. The second-order valence-electron chi connectivity index (χ2n) is 2.46. The summed E-state index contributed by atoms with van der Waals surface area (Å²) in [5.41, 5.74) is 6.54. The topological polar surface area (TPSA) is 60.9 Å². The van der Waals surface area contributed by atoms with E-state index < -0.39 is 0 Å². The van der Waals surface area contributed by atoms with Crippen molar-refractivity contribution in [3.05, 3.63) is 17.5 Å². The molecule has 5 heteroatoms. The van der Waals surface area contributed by atoms with Crippen molar-refractivity contribution in [1.29, 1.82) is 0 Å². The fraction of sp³-hybridized carbons (Fsp3) is 0.429. The summed E-state index contributed by atoms with van der Waals surface area (Å²) in [4.78, 5) is 11.0. The molecule has 0 saturated heterocycles. The number of hydrogen-bond acceptors (Lipinski definition) is 3. The highest BCUT2D eigenvalue weighted by atomic mass is 35.5. The van der Waals surface area contributed by atoms with Gasteiger partial charge in [-0.05, 0) is 12.5 Å². The molecule has 0 atom stereocenters. The normalized spacial score (nSPS) is 9.25. The zero-order valence-corrected chi connectivity index (χ0v) is 7.89. The fourth-order valence-corrected chi connectivity index (χ4v) is 0.979. The Morgan fingerprint density at radius 3 is 2.67 bits per heavy atom. The van der Waals surface area contributed by atoms with Gasteiger partial charge < -0.3 is 5.73 Å². The largest absolute Gasteiger partial charge is 0.324 e. The molecule has 0 radical (unpaired) electrons.